The van der Waals surface area contributed by atoms with Gasteiger partial charge in [0.05, 0.1) is 11.6 Å². The molecule has 20 heavy (non-hydrogen) atoms. The average molecular weight is 312 g/mol. The number of nitrogens with zero attached hydrogens (tertiary/aromatic N) is 2. The van der Waals surface area contributed by atoms with Crippen LogP contribution in [-0.2, 0) is 13.0 Å². The van der Waals surface area contributed by atoms with Crippen LogP contribution in [0.2, 0.25) is 5.02 Å². The number of aromatic nitrogens is 2. The van der Waals surface area contributed by atoms with Crippen molar-refractivity contribution in [3.63, 3.8) is 0 Å². The highest BCUT2D eigenvalue weighted by molar-refractivity contribution is 8.00. The van der Waals surface area contributed by atoms with Crippen LogP contribution in [0, 0.1) is 0 Å². The molecule has 0 saturated carbocycles. The Morgan fingerprint density at radius 2 is 2.05 bits per heavy atom. The Hall–Kier alpha value is -1.20. The fourth-order valence-electron chi connectivity index (χ4n) is 1.68. The summed E-state index contributed by atoms with van der Waals surface area (Å²) in [6, 6.07) is 5.84. The summed E-state index contributed by atoms with van der Waals surface area (Å²) in [6.45, 7) is 6.77. The molecule has 2 rings (SSSR count). The number of halogens is 1. The van der Waals surface area contributed by atoms with Gasteiger partial charge in [-0.3, -0.25) is 0 Å². The van der Waals surface area contributed by atoms with Crippen molar-refractivity contribution in [3.05, 3.63) is 35.0 Å². The first-order valence-corrected chi connectivity index (χ1v) is 7.86. The topological polar surface area (TPSA) is 51.0 Å². The minimum atomic E-state index is 0.463. The Kier molecular flexibility index (Phi) is 5.31. The van der Waals surface area contributed by atoms with Crippen LogP contribution in [0.3, 0.4) is 0 Å². The molecule has 0 aliphatic heterocycles. The molecule has 2 aromatic rings. The fourth-order valence-corrected chi connectivity index (χ4v) is 2.90. The highest BCUT2D eigenvalue weighted by Gasteiger charge is 2.11. The third-order valence-corrected chi connectivity index (χ3v) is 4.14. The zero-order valence-electron chi connectivity index (χ0n) is 11.8. The smallest absolute Gasteiger partial charge is 0.235 e. The van der Waals surface area contributed by atoms with Crippen LogP contribution < -0.4 is 5.32 Å². The van der Waals surface area contributed by atoms with Crippen molar-refractivity contribution in [2.45, 2.75) is 43.9 Å². The number of thioether (sulfide) groups is 1. The van der Waals surface area contributed by atoms with Crippen LogP contribution in [-0.4, -0.2) is 15.4 Å². The zero-order valence-corrected chi connectivity index (χ0v) is 13.4. The van der Waals surface area contributed by atoms with Gasteiger partial charge in [-0.2, -0.15) is 0 Å². The molecule has 0 atom stereocenters. The Morgan fingerprint density at radius 3 is 2.70 bits per heavy atom. The Balaban J connectivity index is 2.10. The van der Waals surface area contributed by atoms with E-state index < -0.39 is 0 Å². The van der Waals surface area contributed by atoms with Gasteiger partial charge in [-0.1, -0.05) is 38.4 Å². The van der Waals surface area contributed by atoms with E-state index in [0.29, 0.717) is 23.6 Å². The van der Waals surface area contributed by atoms with Crippen LogP contribution in [0.15, 0.2) is 27.5 Å². The van der Waals surface area contributed by atoms with Crippen molar-refractivity contribution in [1.29, 1.82) is 0 Å². The van der Waals surface area contributed by atoms with Crippen LogP contribution in [0.4, 0.5) is 5.69 Å². The molecule has 0 saturated heterocycles. The van der Waals surface area contributed by atoms with Gasteiger partial charge >= 0.3 is 0 Å². The Bertz CT molecular complexity index is 571. The molecule has 0 radical (unpaired) electrons. The second-order valence-corrected chi connectivity index (χ2v) is 6.57. The molecule has 0 aliphatic rings. The first-order valence-electron chi connectivity index (χ1n) is 6.60. The standard InChI is InChI=1S/C14H18ClN3OS/c1-4-12-17-18-13(19-12)8-16-11-7-5-6-10(15)14(11)20-9(2)3/h5-7,9,16H,4,8H2,1-3H3. The molecule has 1 aromatic carbocycles. The summed E-state index contributed by atoms with van der Waals surface area (Å²) in [7, 11) is 0. The second-order valence-electron chi connectivity index (χ2n) is 4.58. The molecule has 6 heteroatoms. The van der Waals surface area contributed by atoms with Gasteiger partial charge < -0.3 is 9.73 Å². The molecule has 4 nitrogen and oxygen atoms in total. The first kappa shape index (κ1) is 15.2. The highest BCUT2D eigenvalue weighted by atomic mass is 35.5. The van der Waals surface area contributed by atoms with Crippen LogP contribution >= 0.6 is 23.4 Å². The van der Waals surface area contributed by atoms with Crippen molar-refractivity contribution in [3.8, 4) is 0 Å². The normalized spacial score (nSPS) is 11.1. The summed E-state index contributed by atoms with van der Waals surface area (Å²) in [4.78, 5) is 1.05. The van der Waals surface area contributed by atoms with Gasteiger partial charge in [-0.05, 0) is 12.1 Å². The van der Waals surface area contributed by atoms with Crippen LogP contribution in [0.1, 0.15) is 32.6 Å². The van der Waals surface area contributed by atoms with E-state index in [2.05, 4.69) is 29.4 Å². The van der Waals surface area contributed by atoms with E-state index in [9.17, 15) is 0 Å². The van der Waals surface area contributed by atoms with Gasteiger partial charge in [0, 0.05) is 22.3 Å². The highest BCUT2D eigenvalue weighted by Crippen LogP contribution is 2.36. The molecule has 1 N–H and O–H groups in total. The first-order chi connectivity index (χ1) is 9.60. The van der Waals surface area contributed by atoms with E-state index >= 15 is 0 Å². The number of benzene rings is 1. The predicted octanol–water partition coefficient (Wildman–Crippen LogP) is 4.40. The summed E-state index contributed by atoms with van der Waals surface area (Å²) in [5.41, 5.74) is 0.993. The van der Waals surface area contributed by atoms with Gasteiger partial charge in [-0.25, -0.2) is 0 Å². The van der Waals surface area contributed by atoms with E-state index in [1.54, 1.807) is 11.8 Å². The number of rotatable bonds is 6. The quantitative estimate of drug-likeness (QED) is 0.801. The lowest BCUT2D eigenvalue weighted by Gasteiger charge is -2.13. The number of anilines is 1. The van der Waals surface area contributed by atoms with Crippen molar-refractivity contribution >= 4 is 29.1 Å². The summed E-state index contributed by atoms with van der Waals surface area (Å²) in [6.07, 6.45) is 0.749. The largest absolute Gasteiger partial charge is 0.423 e. The van der Waals surface area contributed by atoms with E-state index in [-0.39, 0.29) is 0 Å². The molecule has 0 spiro atoms. The van der Waals surface area contributed by atoms with E-state index in [1.165, 1.54) is 0 Å². The zero-order chi connectivity index (χ0) is 14.5. The van der Waals surface area contributed by atoms with Gasteiger partial charge in [0.2, 0.25) is 11.8 Å². The fraction of sp³-hybridized carbons (Fsp3) is 0.429. The molecule has 108 valence electrons. The molecule has 0 fully saturated rings. The van der Waals surface area contributed by atoms with E-state index in [4.69, 9.17) is 16.0 Å². The number of hydrogen-bond donors (Lipinski definition) is 1. The van der Waals surface area contributed by atoms with Crippen molar-refractivity contribution < 1.29 is 4.42 Å². The summed E-state index contributed by atoms with van der Waals surface area (Å²) in [5.74, 6) is 1.24. The Labute approximate surface area is 128 Å². The lowest BCUT2D eigenvalue weighted by atomic mass is 10.3. The van der Waals surface area contributed by atoms with Gasteiger partial charge in [0.25, 0.3) is 0 Å². The lowest BCUT2D eigenvalue weighted by molar-refractivity contribution is 0.460. The molecule has 1 heterocycles. The number of hydrogen-bond acceptors (Lipinski definition) is 5. The van der Waals surface area contributed by atoms with Crippen molar-refractivity contribution in [2.75, 3.05) is 5.32 Å². The second kappa shape index (κ2) is 6.99. The monoisotopic (exact) mass is 311 g/mol. The van der Waals surface area contributed by atoms with Crippen LogP contribution in [0.25, 0.3) is 0 Å². The third-order valence-electron chi connectivity index (χ3n) is 2.56. The Morgan fingerprint density at radius 1 is 1.30 bits per heavy atom. The summed E-state index contributed by atoms with van der Waals surface area (Å²) < 4.78 is 5.48. The van der Waals surface area contributed by atoms with E-state index in [1.807, 2.05) is 25.1 Å². The van der Waals surface area contributed by atoms with Gasteiger partial charge in [-0.15, -0.1) is 22.0 Å². The van der Waals surface area contributed by atoms with Crippen molar-refractivity contribution in [1.82, 2.24) is 10.2 Å². The molecular formula is C14H18ClN3OS. The van der Waals surface area contributed by atoms with Crippen molar-refractivity contribution in [2.24, 2.45) is 0 Å². The predicted molar refractivity (Wildman–Crippen MR) is 83.4 cm³/mol. The maximum absolute atomic E-state index is 6.27. The molecule has 0 aliphatic carbocycles. The summed E-state index contributed by atoms with van der Waals surface area (Å²) >= 11 is 8.00. The molecule has 0 bridgehead atoms. The maximum atomic E-state index is 6.27. The SMILES string of the molecule is CCc1nnc(CNc2cccc(Cl)c2SC(C)C)o1. The average Bonchev–Trinajstić information content (AvgIpc) is 2.87. The van der Waals surface area contributed by atoms with E-state index in [0.717, 1.165) is 22.0 Å². The lowest BCUT2D eigenvalue weighted by Crippen LogP contribution is -2.02. The summed E-state index contributed by atoms with van der Waals surface area (Å²) in [5, 5.41) is 12.5. The molecular weight excluding hydrogens is 294 g/mol. The molecule has 0 unspecified atom stereocenters. The number of aryl methyl sites for hydroxylation is 1. The minimum Gasteiger partial charge on any atom is -0.423 e. The maximum Gasteiger partial charge on any atom is 0.235 e. The minimum absolute atomic E-state index is 0.463. The van der Waals surface area contributed by atoms with Gasteiger partial charge in [0.1, 0.15) is 0 Å². The van der Waals surface area contributed by atoms with Crippen LogP contribution in [0.5, 0.6) is 0 Å². The molecule has 0 amide bonds. The third kappa shape index (κ3) is 3.90. The van der Waals surface area contributed by atoms with Gasteiger partial charge in [0.15, 0.2) is 0 Å². The molecule has 1 aromatic heterocycles. The number of nitrogens with one attached hydrogen (secondary N) is 1.